The van der Waals surface area contributed by atoms with E-state index < -0.39 is 18.1 Å². The SMILES string of the molecule is CC(O)C(N)C(=O)O.CCC[N+](CCC)(CCC)CCC.[OH-]. The molecule has 6 heteroatoms. The van der Waals surface area contributed by atoms with E-state index in [0.717, 1.165) is 0 Å². The summed E-state index contributed by atoms with van der Waals surface area (Å²) in [4.78, 5) is 9.86. The Kier molecular flexibility index (Phi) is 18.1. The number of aliphatic carboxylic acids is 1. The van der Waals surface area contributed by atoms with Gasteiger partial charge in [0.15, 0.2) is 0 Å². The molecule has 0 amide bonds. The first kappa shape index (κ1) is 26.2. The Morgan fingerprint density at radius 2 is 1.23 bits per heavy atom. The fourth-order valence-corrected chi connectivity index (χ4v) is 2.77. The average Bonchev–Trinajstić information content (AvgIpc) is 2.39. The molecule has 0 aliphatic heterocycles. The number of carboxylic acid groups (broad SMARTS) is 1. The molecule has 0 aromatic carbocycles. The minimum atomic E-state index is -1.18. The van der Waals surface area contributed by atoms with Gasteiger partial charge < -0.3 is 25.9 Å². The molecule has 136 valence electrons. The first-order valence-electron chi connectivity index (χ1n) is 8.31. The zero-order valence-corrected chi connectivity index (χ0v) is 15.1. The van der Waals surface area contributed by atoms with Crippen LogP contribution in [0, 0.1) is 0 Å². The lowest BCUT2D eigenvalue weighted by atomic mass is 10.2. The van der Waals surface area contributed by atoms with Gasteiger partial charge in [0, 0.05) is 0 Å². The van der Waals surface area contributed by atoms with E-state index in [4.69, 9.17) is 15.9 Å². The number of hydrogen-bond acceptors (Lipinski definition) is 4. The molecule has 0 saturated heterocycles. The first-order valence-corrected chi connectivity index (χ1v) is 8.31. The number of hydrogen-bond donors (Lipinski definition) is 3. The smallest absolute Gasteiger partial charge is 0.323 e. The van der Waals surface area contributed by atoms with Crippen molar-refractivity contribution in [1.82, 2.24) is 0 Å². The van der Waals surface area contributed by atoms with Crippen molar-refractivity contribution in [1.29, 1.82) is 0 Å². The Morgan fingerprint density at radius 1 is 0.955 bits per heavy atom. The van der Waals surface area contributed by atoms with Crippen LogP contribution in [0.1, 0.15) is 60.3 Å². The highest BCUT2D eigenvalue weighted by atomic mass is 16.4. The van der Waals surface area contributed by atoms with Crippen LogP contribution in [0.3, 0.4) is 0 Å². The van der Waals surface area contributed by atoms with E-state index in [2.05, 4.69) is 27.7 Å². The molecule has 22 heavy (non-hydrogen) atoms. The third-order valence-electron chi connectivity index (χ3n) is 3.60. The summed E-state index contributed by atoms with van der Waals surface area (Å²) in [5.74, 6) is -1.18. The van der Waals surface area contributed by atoms with Gasteiger partial charge in [0.2, 0.25) is 0 Å². The summed E-state index contributed by atoms with van der Waals surface area (Å²) in [5.41, 5.74) is 4.91. The van der Waals surface area contributed by atoms with Crippen LogP contribution in [0.2, 0.25) is 0 Å². The molecule has 0 radical (unpaired) electrons. The van der Waals surface area contributed by atoms with Crippen LogP contribution in [0.25, 0.3) is 0 Å². The van der Waals surface area contributed by atoms with Crippen molar-refractivity contribution in [2.45, 2.75) is 72.4 Å². The lowest BCUT2D eigenvalue weighted by Crippen LogP contribution is -2.50. The first-order chi connectivity index (χ1) is 9.80. The van der Waals surface area contributed by atoms with Crippen molar-refractivity contribution < 1.29 is 25.0 Å². The maximum Gasteiger partial charge on any atom is 0.323 e. The van der Waals surface area contributed by atoms with Crippen molar-refractivity contribution in [2.75, 3.05) is 26.2 Å². The molecular weight excluding hydrogens is 284 g/mol. The van der Waals surface area contributed by atoms with Crippen LogP contribution < -0.4 is 5.73 Å². The van der Waals surface area contributed by atoms with E-state index in [1.54, 1.807) is 0 Å². The fourth-order valence-electron chi connectivity index (χ4n) is 2.77. The number of carboxylic acids is 1. The minimum absolute atomic E-state index is 0. The van der Waals surface area contributed by atoms with Gasteiger partial charge in [-0.2, -0.15) is 0 Å². The third-order valence-corrected chi connectivity index (χ3v) is 3.60. The summed E-state index contributed by atoms with van der Waals surface area (Å²) in [5, 5.41) is 16.6. The van der Waals surface area contributed by atoms with Crippen molar-refractivity contribution in [3.63, 3.8) is 0 Å². The maximum absolute atomic E-state index is 9.86. The molecule has 0 spiro atoms. The van der Waals surface area contributed by atoms with Crippen LogP contribution in [0.5, 0.6) is 0 Å². The van der Waals surface area contributed by atoms with Gasteiger partial charge in [-0.25, -0.2) is 0 Å². The summed E-state index contributed by atoms with van der Waals surface area (Å²) in [6.45, 7) is 16.1. The fraction of sp³-hybridized carbons (Fsp3) is 0.938. The van der Waals surface area contributed by atoms with Gasteiger partial charge in [-0.15, -0.1) is 0 Å². The number of aliphatic hydroxyl groups excluding tert-OH is 1. The van der Waals surface area contributed by atoms with Crippen LogP contribution in [-0.2, 0) is 4.79 Å². The highest BCUT2D eigenvalue weighted by molar-refractivity contribution is 5.73. The molecule has 0 heterocycles. The summed E-state index contributed by atoms with van der Waals surface area (Å²) in [6.07, 6.45) is 4.35. The summed E-state index contributed by atoms with van der Waals surface area (Å²) in [6, 6.07) is -1.16. The topological polar surface area (TPSA) is 114 Å². The Bertz CT molecular complexity index is 231. The van der Waals surface area contributed by atoms with Gasteiger partial charge in [0.1, 0.15) is 6.04 Å². The second kappa shape index (κ2) is 15.2. The van der Waals surface area contributed by atoms with Crippen molar-refractivity contribution in [3.05, 3.63) is 0 Å². The van der Waals surface area contributed by atoms with Gasteiger partial charge in [0.25, 0.3) is 0 Å². The maximum atomic E-state index is 9.86. The second-order valence-electron chi connectivity index (χ2n) is 5.84. The molecule has 2 atom stereocenters. The van der Waals surface area contributed by atoms with Crippen LogP contribution in [-0.4, -0.2) is 64.5 Å². The Balaban J connectivity index is -0.000000348. The molecular formula is C16H38N2O4. The highest BCUT2D eigenvalue weighted by Gasteiger charge is 2.22. The lowest BCUT2D eigenvalue weighted by molar-refractivity contribution is -0.928. The molecule has 0 aromatic rings. The van der Waals surface area contributed by atoms with E-state index in [0.29, 0.717) is 0 Å². The number of rotatable bonds is 10. The summed E-state index contributed by atoms with van der Waals surface area (Å²) in [7, 11) is 0. The molecule has 0 bridgehead atoms. The van der Waals surface area contributed by atoms with Gasteiger partial charge in [-0.3, -0.25) is 4.79 Å². The molecule has 0 aliphatic rings. The van der Waals surface area contributed by atoms with E-state index in [1.165, 1.54) is 63.3 Å². The molecule has 0 fully saturated rings. The van der Waals surface area contributed by atoms with Crippen LogP contribution in [0.15, 0.2) is 0 Å². The average molecular weight is 322 g/mol. The van der Waals surface area contributed by atoms with Gasteiger partial charge in [0.05, 0.1) is 32.3 Å². The predicted molar refractivity (Wildman–Crippen MR) is 90.1 cm³/mol. The monoisotopic (exact) mass is 322 g/mol. The molecule has 0 saturated carbocycles. The van der Waals surface area contributed by atoms with Crippen molar-refractivity contribution >= 4 is 5.97 Å². The Hall–Kier alpha value is -0.690. The Labute approximate surface area is 136 Å². The van der Waals surface area contributed by atoms with Gasteiger partial charge >= 0.3 is 5.97 Å². The molecule has 0 rings (SSSR count). The number of aliphatic hydroxyl groups is 1. The zero-order valence-electron chi connectivity index (χ0n) is 15.1. The van der Waals surface area contributed by atoms with Crippen LogP contribution in [0.4, 0.5) is 0 Å². The molecule has 0 aromatic heterocycles. The number of nitrogens with zero attached hydrogens (tertiary/aromatic N) is 1. The number of quaternary nitrogens is 1. The predicted octanol–water partition coefficient (Wildman–Crippen LogP) is 2.05. The Morgan fingerprint density at radius 3 is 1.32 bits per heavy atom. The largest absolute Gasteiger partial charge is 0.870 e. The zero-order chi connectivity index (χ0) is 16.9. The second-order valence-corrected chi connectivity index (χ2v) is 5.84. The molecule has 0 aliphatic carbocycles. The summed E-state index contributed by atoms with van der Waals surface area (Å²) < 4.78 is 1.38. The van der Waals surface area contributed by atoms with Crippen molar-refractivity contribution in [2.24, 2.45) is 5.73 Å². The third kappa shape index (κ3) is 11.9. The van der Waals surface area contributed by atoms with E-state index in [1.807, 2.05) is 0 Å². The van der Waals surface area contributed by atoms with Gasteiger partial charge in [-0.1, -0.05) is 27.7 Å². The minimum Gasteiger partial charge on any atom is -0.870 e. The molecule has 5 N–H and O–H groups in total. The van der Waals surface area contributed by atoms with E-state index in [9.17, 15) is 4.79 Å². The van der Waals surface area contributed by atoms with E-state index >= 15 is 0 Å². The highest BCUT2D eigenvalue weighted by Crippen LogP contribution is 2.12. The normalized spacial score (nSPS) is 13.4. The van der Waals surface area contributed by atoms with Crippen molar-refractivity contribution in [3.8, 4) is 0 Å². The summed E-state index contributed by atoms with van der Waals surface area (Å²) >= 11 is 0. The van der Waals surface area contributed by atoms with E-state index in [-0.39, 0.29) is 5.48 Å². The standard InChI is InChI=1S/C12H28N.C4H9NO3.H2O/c1-5-9-13(10-6-2,11-7-3)12-8-4;1-2(6)3(5)4(7)8;/h5-12H2,1-4H3;2-3,6H,5H2,1H3,(H,7,8);1H2/q+1;;/p-1. The van der Waals surface area contributed by atoms with Gasteiger partial charge in [-0.05, 0) is 32.6 Å². The molecule has 2 unspecified atom stereocenters. The quantitative estimate of drug-likeness (QED) is 0.533. The molecule has 6 nitrogen and oxygen atoms in total. The number of nitrogens with two attached hydrogens (primary N) is 1. The van der Waals surface area contributed by atoms with Crippen LogP contribution >= 0.6 is 0 Å². The lowest BCUT2D eigenvalue weighted by Gasteiger charge is -2.38. The number of carbonyl (C=O) groups is 1.